The first-order valence-electron chi connectivity index (χ1n) is 6.66. The van der Waals surface area contributed by atoms with Crippen LogP contribution in [0.3, 0.4) is 0 Å². The molecule has 2 aromatic rings. The van der Waals surface area contributed by atoms with Gasteiger partial charge in [0.2, 0.25) is 0 Å². The van der Waals surface area contributed by atoms with E-state index in [0.717, 1.165) is 11.1 Å². The average molecular weight is 287 g/mol. The first kappa shape index (κ1) is 15.0. The molecule has 2 aromatic carbocycles. The second kappa shape index (κ2) is 6.85. The number of hydrogen-bond donors (Lipinski definition) is 3. The lowest BCUT2D eigenvalue weighted by Crippen LogP contribution is -2.18. The second-order valence-corrected chi connectivity index (χ2v) is 4.84. The maximum absolute atomic E-state index is 13.2. The van der Waals surface area contributed by atoms with E-state index < -0.39 is 0 Å². The summed E-state index contributed by atoms with van der Waals surface area (Å²) in [6, 6.07) is 14.0. The van der Waals surface area contributed by atoms with Crippen LogP contribution in [0.2, 0.25) is 0 Å². The molecule has 0 fully saturated rings. The van der Waals surface area contributed by atoms with Crippen LogP contribution in [0.25, 0.3) is 0 Å². The Hall–Kier alpha value is -2.40. The van der Waals surface area contributed by atoms with Crippen LogP contribution in [-0.4, -0.2) is 11.0 Å². The van der Waals surface area contributed by atoms with Crippen LogP contribution in [-0.2, 0) is 6.54 Å². The van der Waals surface area contributed by atoms with Crippen molar-refractivity contribution in [1.82, 2.24) is 5.32 Å². The van der Waals surface area contributed by atoms with Crippen molar-refractivity contribution >= 4 is 5.84 Å². The van der Waals surface area contributed by atoms with Crippen molar-refractivity contribution in [3.05, 3.63) is 71.0 Å². The summed E-state index contributed by atoms with van der Waals surface area (Å²) in [6.45, 7) is 2.63. The molecular weight excluding hydrogens is 269 g/mol. The number of hydrogen-bond acceptors (Lipinski definition) is 3. The Kier molecular flexibility index (Phi) is 4.90. The minimum Gasteiger partial charge on any atom is -0.409 e. The largest absolute Gasteiger partial charge is 0.409 e. The second-order valence-electron chi connectivity index (χ2n) is 4.84. The highest BCUT2D eigenvalue weighted by atomic mass is 19.1. The molecule has 0 aromatic heterocycles. The molecule has 0 radical (unpaired) electrons. The summed E-state index contributed by atoms with van der Waals surface area (Å²) in [4.78, 5) is 0. The average Bonchev–Trinajstić information content (AvgIpc) is 2.52. The van der Waals surface area contributed by atoms with E-state index in [4.69, 9.17) is 10.9 Å². The topological polar surface area (TPSA) is 70.6 Å². The molecule has 5 heteroatoms. The molecule has 0 aliphatic heterocycles. The lowest BCUT2D eigenvalue weighted by molar-refractivity contribution is 0.318. The first-order chi connectivity index (χ1) is 10.1. The minimum absolute atomic E-state index is 0.0458. The van der Waals surface area contributed by atoms with Crippen LogP contribution in [0.4, 0.5) is 4.39 Å². The van der Waals surface area contributed by atoms with Crippen LogP contribution >= 0.6 is 0 Å². The Labute approximate surface area is 123 Å². The van der Waals surface area contributed by atoms with Gasteiger partial charge in [-0.05, 0) is 30.2 Å². The fourth-order valence-corrected chi connectivity index (χ4v) is 2.02. The fourth-order valence-electron chi connectivity index (χ4n) is 2.02. The van der Waals surface area contributed by atoms with E-state index in [-0.39, 0.29) is 17.7 Å². The zero-order valence-electron chi connectivity index (χ0n) is 11.8. The molecule has 0 saturated heterocycles. The van der Waals surface area contributed by atoms with Crippen molar-refractivity contribution in [1.29, 1.82) is 0 Å². The van der Waals surface area contributed by atoms with E-state index in [1.54, 1.807) is 18.2 Å². The fraction of sp³-hybridized carbons (Fsp3) is 0.188. The van der Waals surface area contributed by atoms with Gasteiger partial charge in [0, 0.05) is 18.2 Å². The quantitative estimate of drug-likeness (QED) is 0.343. The van der Waals surface area contributed by atoms with Crippen molar-refractivity contribution < 1.29 is 9.60 Å². The van der Waals surface area contributed by atoms with Gasteiger partial charge >= 0.3 is 0 Å². The van der Waals surface area contributed by atoms with Crippen molar-refractivity contribution in [2.45, 2.75) is 19.5 Å². The van der Waals surface area contributed by atoms with Crippen LogP contribution in [0.5, 0.6) is 0 Å². The molecule has 4 nitrogen and oxygen atoms in total. The SMILES string of the molecule is C[C@@H](NCc1ccc(/C(N)=N/O)cc1)c1cccc(F)c1. The molecule has 110 valence electrons. The van der Waals surface area contributed by atoms with Crippen molar-refractivity contribution in [3.8, 4) is 0 Å². The summed E-state index contributed by atoms with van der Waals surface area (Å²) < 4.78 is 13.2. The number of halogens is 1. The molecule has 0 aliphatic carbocycles. The summed E-state index contributed by atoms with van der Waals surface area (Å²) in [6.07, 6.45) is 0. The van der Waals surface area contributed by atoms with Gasteiger partial charge < -0.3 is 16.3 Å². The number of benzene rings is 2. The molecule has 0 amide bonds. The smallest absolute Gasteiger partial charge is 0.170 e. The van der Waals surface area contributed by atoms with Crippen molar-refractivity contribution in [3.63, 3.8) is 0 Å². The monoisotopic (exact) mass is 287 g/mol. The number of amidine groups is 1. The number of nitrogens with one attached hydrogen (secondary N) is 1. The highest BCUT2D eigenvalue weighted by Gasteiger charge is 2.06. The van der Waals surface area contributed by atoms with Crippen LogP contribution < -0.4 is 11.1 Å². The molecule has 0 aliphatic rings. The molecule has 0 bridgehead atoms. The van der Waals surface area contributed by atoms with Gasteiger partial charge in [0.15, 0.2) is 5.84 Å². The van der Waals surface area contributed by atoms with Crippen molar-refractivity contribution in [2.24, 2.45) is 10.9 Å². The molecule has 4 N–H and O–H groups in total. The summed E-state index contributed by atoms with van der Waals surface area (Å²) in [7, 11) is 0. The molecule has 0 unspecified atom stereocenters. The Morgan fingerprint density at radius 2 is 2.00 bits per heavy atom. The third-order valence-electron chi connectivity index (χ3n) is 3.32. The number of nitrogens with zero attached hydrogens (tertiary/aromatic N) is 1. The molecule has 0 saturated carbocycles. The number of rotatable bonds is 5. The number of oxime groups is 1. The summed E-state index contributed by atoms with van der Waals surface area (Å²) in [5, 5.41) is 14.9. The van der Waals surface area contributed by atoms with E-state index in [1.807, 2.05) is 25.1 Å². The highest BCUT2D eigenvalue weighted by molar-refractivity contribution is 5.96. The normalized spacial score (nSPS) is 13.1. The summed E-state index contributed by atoms with van der Waals surface area (Å²) in [5.41, 5.74) is 8.14. The number of nitrogens with two attached hydrogens (primary N) is 1. The van der Waals surface area contributed by atoms with Gasteiger partial charge in [-0.2, -0.15) is 0 Å². The van der Waals surface area contributed by atoms with Gasteiger partial charge in [0.05, 0.1) is 0 Å². The summed E-state index contributed by atoms with van der Waals surface area (Å²) in [5.74, 6) is -0.146. The van der Waals surface area contributed by atoms with Gasteiger partial charge in [-0.1, -0.05) is 41.6 Å². The van der Waals surface area contributed by atoms with E-state index >= 15 is 0 Å². The van der Waals surface area contributed by atoms with Crippen LogP contribution in [0.15, 0.2) is 53.7 Å². The predicted molar refractivity (Wildman–Crippen MR) is 80.6 cm³/mol. The lowest BCUT2D eigenvalue weighted by Gasteiger charge is -2.14. The van der Waals surface area contributed by atoms with Gasteiger partial charge in [-0.3, -0.25) is 0 Å². The van der Waals surface area contributed by atoms with E-state index in [2.05, 4.69) is 10.5 Å². The van der Waals surface area contributed by atoms with Gasteiger partial charge in [-0.25, -0.2) is 4.39 Å². The van der Waals surface area contributed by atoms with E-state index in [1.165, 1.54) is 12.1 Å². The maximum atomic E-state index is 13.2. The summed E-state index contributed by atoms with van der Waals surface area (Å²) >= 11 is 0. The third kappa shape index (κ3) is 4.03. The van der Waals surface area contributed by atoms with Gasteiger partial charge in [0.1, 0.15) is 5.82 Å². The van der Waals surface area contributed by atoms with Gasteiger partial charge in [-0.15, -0.1) is 0 Å². The van der Waals surface area contributed by atoms with E-state index in [0.29, 0.717) is 12.1 Å². The molecule has 21 heavy (non-hydrogen) atoms. The Balaban J connectivity index is 1.96. The lowest BCUT2D eigenvalue weighted by atomic mass is 10.1. The zero-order chi connectivity index (χ0) is 15.2. The molecule has 0 heterocycles. The van der Waals surface area contributed by atoms with E-state index in [9.17, 15) is 4.39 Å². The Morgan fingerprint density at radius 1 is 1.29 bits per heavy atom. The molecular formula is C16H18FN3O. The highest BCUT2D eigenvalue weighted by Crippen LogP contribution is 2.14. The maximum Gasteiger partial charge on any atom is 0.170 e. The van der Waals surface area contributed by atoms with Crippen LogP contribution in [0, 0.1) is 5.82 Å². The minimum atomic E-state index is -0.232. The zero-order valence-corrected chi connectivity index (χ0v) is 11.8. The van der Waals surface area contributed by atoms with Crippen LogP contribution in [0.1, 0.15) is 29.7 Å². The Morgan fingerprint density at radius 3 is 2.62 bits per heavy atom. The Bertz CT molecular complexity index is 626. The molecule has 0 spiro atoms. The first-order valence-corrected chi connectivity index (χ1v) is 6.66. The van der Waals surface area contributed by atoms with Gasteiger partial charge in [0.25, 0.3) is 0 Å². The third-order valence-corrected chi connectivity index (χ3v) is 3.32. The standard InChI is InChI=1S/C16H18FN3O/c1-11(14-3-2-4-15(17)9-14)19-10-12-5-7-13(8-6-12)16(18)20-21/h2-9,11,19,21H,10H2,1H3,(H2,18,20)/t11-/m1/s1. The molecule has 1 atom stereocenters. The predicted octanol–water partition coefficient (Wildman–Crippen LogP) is 2.77. The molecule has 2 rings (SSSR count). The van der Waals surface area contributed by atoms with Crippen molar-refractivity contribution in [2.75, 3.05) is 0 Å².